The van der Waals surface area contributed by atoms with Gasteiger partial charge in [0, 0.05) is 25.2 Å². The Morgan fingerprint density at radius 3 is 2.50 bits per heavy atom. The Labute approximate surface area is 143 Å². The molecule has 6 heteroatoms. The van der Waals surface area contributed by atoms with Crippen molar-refractivity contribution in [2.45, 2.75) is 37.9 Å². The lowest BCUT2D eigenvalue weighted by molar-refractivity contribution is 0.308. The van der Waals surface area contributed by atoms with Crippen molar-refractivity contribution < 1.29 is 13.0 Å². The lowest BCUT2D eigenvalue weighted by Crippen LogP contribution is -2.60. The van der Waals surface area contributed by atoms with Crippen LogP contribution in [0.2, 0.25) is 0 Å². The highest BCUT2D eigenvalue weighted by atomic mass is 32.2. The van der Waals surface area contributed by atoms with Gasteiger partial charge in [0.25, 0.3) is 10.1 Å². The maximum atomic E-state index is 12.1. The topological polar surface area (TPSA) is 70.5 Å². The first-order valence-corrected chi connectivity index (χ1v) is 9.71. The van der Waals surface area contributed by atoms with Gasteiger partial charge in [-0.25, -0.2) is 4.98 Å². The first-order valence-electron chi connectivity index (χ1n) is 8.27. The molecule has 1 atom stereocenters. The monoisotopic (exact) mass is 348 g/mol. The minimum atomic E-state index is -4.17. The summed E-state index contributed by atoms with van der Waals surface area (Å²) in [6.07, 6.45) is 7.53. The third-order valence-electron chi connectivity index (χ3n) is 5.19. The fourth-order valence-corrected chi connectivity index (χ4v) is 4.44. The predicted octanol–water partition coefficient (Wildman–Crippen LogP) is 3.17. The molecule has 0 bridgehead atoms. The van der Waals surface area contributed by atoms with Crippen molar-refractivity contribution in [1.29, 1.82) is 0 Å². The lowest BCUT2D eigenvalue weighted by Gasteiger charge is -2.48. The van der Waals surface area contributed by atoms with Gasteiger partial charge in [0.2, 0.25) is 0 Å². The fraction of sp³-hybridized carbons (Fsp3) is 0.500. The van der Waals surface area contributed by atoms with Gasteiger partial charge in [-0.05, 0) is 30.9 Å². The summed E-state index contributed by atoms with van der Waals surface area (Å²) in [5.74, 6) is 1.15. The molecule has 1 fully saturated rings. The summed E-state index contributed by atoms with van der Waals surface area (Å²) < 4.78 is 32.7. The third kappa shape index (κ3) is 2.89. The van der Waals surface area contributed by atoms with Crippen LogP contribution in [0.5, 0.6) is 0 Å². The van der Waals surface area contributed by atoms with Crippen LogP contribution in [0.3, 0.4) is 0 Å². The van der Waals surface area contributed by atoms with Gasteiger partial charge in [-0.15, -0.1) is 0 Å². The molecule has 0 saturated carbocycles. The van der Waals surface area contributed by atoms with Crippen LogP contribution in [0, 0.1) is 5.92 Å². The number of pyridine rings is 1. The SMILES string of the molecule is CC1=CCC(C2CN(c3ccc(C(C)C)cn3)C2)(S(=O)(=O)O)C=C1. The first kappa shape index (κ1) is 17.2. The van der Waals surface area contributed by atoms with Gasteiger partial charge < -0.3 is 4.90 Å². The van der Waals surface area contributed by atoms with Gasteiger partial charge in [-0.2, -0.15) is 8.42 Å². The zero-order valence-electron chi connectivity index (χ0n) is 14.3. The smallest absolute Gasteiger partial charge is 0.275 e. The molecule has 3 rings (SSSR count). The molecule has 130 valence electrons. The summed E-state index contributed by atoms with van der Waals surface area (Å²) in [6.45, 7) is 7.32. The van der Waals surface area contributed by atoms with E-state index in [2.05, 4.69) is 29.8 Å². The molecule has 0 aromatic carbocycles. The molecule has 1 aromatic rings. The van der Waals surface area contributed by atoms with E-state index >= 15 is 0 Å². The molecule has 0 radical (unpaired) electrons. The van der Waals surface area contributed by atoms with Crippen LogP contribution in [-0.2, 0) is 10.1 Å². The van der Waals surface area contributed by atoms with E-state index in [-0.39, 0.29) is 5.92 Å². The Hall–Kier alpha value is -1.66. The molecular formula is C18H24N2O3S. The van der Waals surface area contributed by atoms with Gasteiger partial charge in [0.1, 0.15) is 10.6 Å². The Morgan fingerprint density at radius 1 is 1.33 bits per heavy atom. The zero-order chi connectivity index (χ0) is 17.5. The van der Waals surface area contributed by atoms with E-state index < -0.39 is 14.9 Å². The molecule has 1 aromatic heterocycles. The Kier molecular flexibility index (Phi) is 4.30. The molecule has 1 aliphatic heterocycles. The first-order chi connectivity index (χ1) is 11.2. The van der Waals surface area contributed by atoms with E-state index in [4.69, 9.17) is 0 Å². The van der Waals surface area contributed by atoms with E-state index in [0.29, 0.717) is 25.4 Å². The van der Waals surface area contributed by atoms with Crippen LogP contribution in [0.4, 0.5) is 5.82 Å². The van der Waals surface area contributed by atoms with Crippen molar-refractivity contribution in [2.75, 3.05) is 18.0 Å². The predicted molar refractivity (Wildman–Crippen MR) is 95.8 cm³/mol. The molecule has 2 heterocycles. The van der Waals surface area contributed by atoms with Crippen LogP contribution < -0.4 is 4.90 Å². The van der Waals surface area contributed by atoms with Crippen molar-refractivity contribution in [1.82, 2.24) is 4.98 Å². The third-order valence-corrected chi connectivity index (χ3v) is 6.78. The molecule has 0 amide bonds. The van der Waals surface area contributed by atoms with E-state index in [1.165, 1.54) is 5.56 Å². The maximum Gasteiger partial charge on any atom is 0.275 e. The van der Waals surface area contributed by atoms with E-state index in [1.807, 2.05) is 25.3 Å². The van der Waals surface area contributed by atoms with Gasteiger partial charge in [0.05, 0.1) is 0 Å². The van der Waals surface area contributed by atoms with Gasteiger partial charge in [-0.1, -0.05) is 43.7 Å². The minimum absolute atomic E-state index is 0.139. The van der Waals surface area contributed by atoms with Crippen LogP contribution in [-0.4, -0.2) is 35.8 Å². The number of nitrogens with zero attached hydrogens (tertiary/aromatic N) is 2. The number of hydrogen-bond acceptors (Lipinski definition) is 4. The average Bonchev–Trinajstić information content (AvgIpc) is 2.47. The molecule has 2 aliphatic rings. The minimum Gasteiger partial charge on any atom is -0.356 e. The summed E-state index contributed by atoms with van der Waals surface area (Å²) in [5, 5.41) is 0. The highest BCUT2D eigenvalue weighted by Crippen LogP contribution is 2.41. The largest absolute Gasteiger partial charge is 0.356 e. The van der Waals surface area contributed by atoms with Gasteiger partial charge in [-0.3, -0.25) is 4.55 Å². The molecular weight excluding hydrogens is 324 g/mol. The standard InChI is InChI=1S/C18H24N2O3S/c1-13(2)15-4-5-17(19-10-15)20-11-16(12-20)18(24(21,22)23)8-6-14(3)7-9-18/h4-8,10,13,16H,9,11-12H2,1-3H3,(H,21,22,23). The number of rotatable bonds is 4. The van der Waals surface area contributed by atoms with Crippen LogP contribution in [0.15, 0.2) is 42.1 Å². The average molecular weight is 348 g/mol. The van der Waals surface area contributed by atoms with E-state index in [9.17, 15) is 13.0 Å². The second-order valence-corrected chi connectivity index (χ2v) is 8.83. The van der Waals surface area contributed by atoms with E-state index in [1.54, 1.807) is 12.2 Å². The molecule has 1 N–H and O–H groups in total. The lowest BCUT2D eigenvalue weighted by atomic mass is 9.79. The normalized spacial score (nSPS) is 24.9. The van der Waals surface area contributed by atoms with Crippen molar-refractivity contribution >= 4 is 15.9 Å². The second-order valence-electron chi connectivity index (χ2n) is 7.12. The van der Waals surface area contributed by atoms with Crippen molar-refractivity contribution in [3.05, 3.63) is 47.7 Å². The molecule has 5 nitrogen and oxygen atoms in total. The number of hydrogen-bond donors (Lipinski definition) is 1. The quantitative estimate of drug-likeness (QED) is 0.846. The number of aromatic nitrogens is 1. The molecule has 1 saturated heterocycles. The Morgan fingerprint density at radius 2 is 2.04 bits per heavy atom. The Bertz CT molecular complexity index is 775. The van der Waals surface area contributed by atoms with Crippen molar-refractivity contribution in [3.8, 4) is 0 Å². The molecule has 1 unspecified atom stereocenters. The summed E-state index contributed by atoms with van der Waals surface area (Å²) >= 11 is 0. The van der Waals surface area contributed by atoms with Crippen molar-refractivity contribution in [3.63, 3.8) is 0 Å². The number of anilines is 1. The molecule has 24 heavy (non-hydrogen) atoms. The molecule has 1 aliphatic carbocycles. The summed E-state index contributed by atoms with van der Waals surface area (Å²) in [6, 6.07) is 4.04. The second kappa shape index (κ2) is 6.01. The maximum absolute atomic E-state index is 12.1. The fourth-order valence-electron chi connectivity index (χ4n) is 3.33. The highest BCUT2D eigenvalue weighted by molar-refractivity contribution is 7.87. The van der Waals surface area contributed by atoms with Crippen LogP contribution in [0.25, 0.3) is 0 Å². The van der Waals surface area contributed by atoms with Crippen LogP contribution >= 0.6 is 0 Å². The van der Waals surface area contributed by atoms with Gasteiger partial charge in [0.15, 0.2) is 0 Å². The Balaban J connectivity index is 1.76. The number of allylic oxidation sites excluding steroid dienone is 3. The summed E-state index contributed by atoms with van der Waals surface area (Å²) in [4.78, 5) is 6.54. The van der Waals surface area contributed by atoms with Crippen LogP contribution in [0.1, 0.15) is 38.7 Å². The summed E-state index contributed by atoms with van der Waals surface area (Å²) in [5.41, 5.74) is 2.21. The van der Waals surface area contributed by atoms with E-state index in [0.717, 1.165) is 11.4 Å². The zero-order valence-corrected chi connectivity index (χ0v) is 15.1. The van der Waals surface area contributed by atoms with Crippen molar-refractivity contribution in [2.24, 2.45) is 5.92 Å². The van der Waals surface area contributed by atoms with Gasteiger partial charge >= 0.3 is 0 Å². The highest BCUT2D eigenvalue weighted by Gasteiger charge is 2.52. The molecule has 0 spiro atoms. The summed E-state index contributed by atoms with van der Waals surface area (Å²) in [7, 11) is -4.17.